The zero-order chi connectivity index (χ0) is 16.0. The molecule has 0 heterocycles. The first-order chi connectivity index (χ1) is 9.05. The van der Waals surface area contributed by atoms with Gasteiger partial charge >= 0.3 is 11.9 Å². The molecule has 118 valence electrons. The highest BCUT2D eigenvalue weighted by Crippen LogP contribution is 2.21. The fraction of sp³-hybridized carbons (Fsp3) is 0.857. The van der Waals surface area contributed by atoms with Gasteiger partial charge in [0.15, 0.2) is 6.61 Å². The number of aliphatic hydroxyl groups is 2. The highest BCUT2D eigenvalue weighted by atomic mass is 16.6. The summed E-state index contributed by atoms with van der Waals surface area (Å²) in [5.41, 5.74) is -1.98. The van der Waals surface area contributed by atoms with Crippen molar-refractivity contribution in [1.29, 1.82) is 0 Å². The third-order valence-corrected chi connectivity index (χ3v) is 3.44. The van der Waals surface area contributed by atoms with Gasteiger partial charge in [-0.15, -0.1) is 0 Å². The van der Waals surface area contributed by atoms with Gasteiger partial charge in [-0.3, -0.25) is 4.79 Å². The van der Waals surface area contributed by atoms with E-state index in [9.17, 15) is 14.7 Å². The number of ether oxygens (including phenoxy) is 2. The fourth-order valence-electron chi connectivity index (χ4n) is 1.47. The summed E-state index contributed by atoms with van der Waals surface area (Å²) in [7, 11) is 0. The van der Waals surface area contributed by atoms with Crippen molar-refractivity contribution in [3.05, 3.63) is 0 Å². The fourth-order valence-corrected chi connectivity index (χ4v) is 1.47. The van der Waals surface area contributed by atoms with Crippen molar-refractivity contribution in [2.45, 2.75) is 58.7 Å². The average molecular weight is 290 g/mol. The molecule has 6 heteroatoms. The molecule has 0 rings (SSSR count). The lowest BCUT2D eigenvalue weighted by atomic mass is 9.88. The van der Waals surface area contributed by atoms with Crippen molar-refractivity contribution < 1.29 is 29.3 Å². The van der Waals surface area contributed by atoms with Gasteiger partial charge in [0.2, 0.25) is 0 Å². The summed E-state index contributed by atoms with van der Waals surface area (Å²) in [4.78, 5) is 23.3. The Balaban J connectivity index is 4.29. The van der Waals surface area contributed by atoms with E-state index in [2.05, 4.69) is 0 Å². The third-order valence-electron chi connectivity index (χ3n) is 3.44. The van der Waals surface area contributed by atoms with Crippen LogP contribution in [0.25, 0.3) is 0 Å². The van der Waals surface area contributed by atoms with Gasteiger partial charge in [0.05, 0.1) is 11.5 Å². The smallest absolute Gasteiger partial charge is 0.344 e. The summed E-state index contributed by atoms with van der Waals surface area (Å²) in [5.74, 6) is -2.06. The first kappa shape index (κ1) is 18.9. The lowest BCUT2D eigenvalue weighted by Gasteiger charge is -2.27. The lowest BCUT2D eigenvalue weighted by Crippen LogP contribution is -2.39. The molecule has 2 atom stereocenters. The number of rotatable bonds is 8. The predicted molar refractivity (Wildman–Crippen MR) is 72.9 cm³/mol. The normalized spacial score (nSPS) is 16.1. The summed E-state index contributed by atoms with van der Waals surface area (Å²) in [6.45, 7) is 7.57. The van der Waals surface area contributed by atoms with Gasteiger partial charge in [-0.1, -0.05) is 6.92 Å². The number of aliphatic hydroxyl groups excluding tert-OH is 1. The van der Waals surface area contributed by atoms with E-state index in [0.717, 1.165) is 0 Å². The molecule has 0 aliphatic rings. The van der Waals surface area contributed by atoms with E-state index in [1.54, 1.807) is 34.6 Å². The summed E-state index contributed by atoms with van der Waals surface area (Å²) in [6.07, 6.45) is 0.699. The molecular formula is C14H26O6. The van der Waals surface area contributed by atoms with Crippen LogP contribution >= 0.6 is 0 Å². The lowest BCUT2D eigenvalue weighted by molar-refractivity contribution is -0.173. The summed E-state index contributed by atoms with van der Waals surface area (Å²) in [6, 6.07) is 0. The number of hydrogen-bond acceptors (Lipinski definition) is 6. The van der Waals surface area contributed by atoms with E-state index in [4.69, 9.17) is 14.6 Å². The van der Waals surface area contributed by atoms with E-state index in [-0.39, 0.29) is 6.61 Å². The molecule has 2 unspecified atom stereocenters. The Bertz CT molecular complexity index is 335. The van der Waals surface area contributed by atoms with E-state index in [1.807, 2.05) is 0 Å². The van der Waals surface area contributed by atoms with E-state index in [1.165, 1.54) is 0 Å². The maximum atomic E-state index is 11.7. The number of carbonyl (C=O) groups excluding carboxylic acids is 2. The van der Waals surface area contributed by atoms with E-state index < -0.39 is 35.7 Å². The monoisotopic (exact) mass is 290 g/mol. The molecule has 0 radical (unpaired) electrons. The Kier molecular flexibility index (Phi) is 7.16. The maximum absolute atomic E-state index is 11.7. The Morgan fingerprint density at radius 2 is 1.80 bits per heavy atom. The summed E-state index contributed by atoms with van der Waals surface area (Å²) >= 11 is 0. The molecular weight excluding hydrogens is 264 g/mol. The molecule has 0 aromatic rings. The molecule has 0 saturated heterocycles. The number of hydrogen-bond donors (Lipinski definition) is 2. The highest BCUT2D eigenvalue weighted by Gasteiger charge is 2.33. The summed E-state index contributed by atoms with van der Waals surface area (Å²) < 4.78 is 9.92. The molecule has 0 aliphatic heterocycles. The molecule has 0 fully saturated rings. The van der Waals surface area contributed by atoms with Crippen molar-refractivity contribution >= 4 is 11.9 Å². The second-order valence-electron chi connectivity index (χ2n) is 5.75. The molecule has 0 bridgehead atoms. The minimum atomic E-state index is -1.17. The predicted octanol–water partition coefficient (Wildman–Crippen LogP) is 1.03. The Hall–Kier alpha value is -1.14. The first-order valence-corrected chi connectivity index (χ1v) is 6.77. The highest BCUT2D eigenvalue weighted by molar-refractivity contribution is 5.78. The topological polar surface area (TPSA) is 93.1 Å². The summed E-state index contributed by atoms with van der Waals surface area (Å²) in [5, 5.41) is 18.8. The van der Waals surface area contributed by atoms with Gasteiger partial charge in [-0.05, 0) is 34.1 Å². The van der Waals surface area contributed by atoms with Crippen LogP contribution in [0.5, 0.6) is 0 Å². The maximum Gasteiger partial charge on any atom is 0.344 e. The zero-order valence-corrected chi connectivity index (χ0v) is 12.9. The molecule has 0 aliphatic carbocycles. The quantitative estimate of drug-likeness (QED) is 0.649. The first-order valence-electron chi connectivity index (χ1n) is 6.77. The second-order valence-corrected chi connectivity index (χ2v) is 5.75. The van der Waals surface area contributed by atoms with E-state index in [0.29, 0.717) is 12.8 Å². The van der Waals surface area contributed by atoms with Crippen LogP contribution in [0.2, 0.25) is 0 Å². The molecule has 2 N–H and O–H groups in total. The van der Waals surface area contributed by atoms with Crippen LogP contribution in [-0.4, -0.2) is 46.6 Å². The van der Waals surface area contributed by atoms with Crippen molar-refractivity contribution in [3.8, 4) is 0 Å². The van der Waals surface area contributed by atoms with Gasteiger partial charge < -0.3 is 19.7 Å². The van der Waals surface area contributed by atoms with Crippen LogP contribution in [0.1, 0.15) is 47.5 Å². The minimum absolute atomic E-state index is 0.101. The van der Waals surface area contributed by atoms with Gasteiger partial charge in [0.1, 0.15) is 5.60 Å². The van der Waals surface area contributed by atoms with Crippen LogP contribution in [0.4, 0.5) is 0 Å². The molecule has 20 heavy (non-hydrogen) atoms. The van der Waals surface area contributed by atoms with E-state index >= 15 is 0 Å². The molecule has 6 nitrogen and oxygen atoms in total. The number of esters is 2. The van der Waals surface area contributed by atoms with Crippen molar-refractivity contribution in [1.82, 2.24) is 0 Å². The van der Waals surface area contributed by atoms with Gasteiger partial charge in [0, 0.05) is 13.0 Å². The van der Waals surface area contributed by atoms with Crippen LogP contribution < -0.4 is 0 Å². The second kappa shape index (κ2) is 7.59. The molecule has 0 aromatic carbocycles. The van der Waals surface area contributed by atoms with Crippen LogP contribution in [0.15, 0.2) is 0 Å². The van der Waals surface area contributed by atoms with Crippen molar-refractivity contribution in [2.75, 3.05) is 13.2 Å². The van der Waals surface area contributed by atoms with Crippen molar-refractivity contribution in [2.24, 2.45) is 5.92 Å². The zero-order valence-electron chi connectivity index (χ0n) is 12.9. The largest absolute Gasteiger partial charge is 0.457 e. The minimum Gasteiger partial charge on any atom is -0.457 e. The SMILES string of the molecule is CCC(C)(O)C(C)C(=O)OCC(=O)OC(C)(C)CCO. The van der Waals surface area contributed by atoms with Gasteiger partial charge in [0.25, 0.3) is 0 Å². The molecule has 0 aromatic heterocycles. The molecule has 0 spiro atoms. The average Bonchev–Trinajstić information content (AvgIpc) is 2.34. The van der Waals surface area contributed by atoms with Crippen LogP contribution in [0.3, 0.4) is 0 Å². The molecule has 0 amide bonds. The number of carbonyl (C=O) groups is 2. The van der Waals surface area contributed by atoms with Gasteiger partial charge in [-0.25, -0.2) is 4.79 Å². The van der Waals surface area contributed by atoms with Crippen LogP contribution in [-0.2, 0) is 19.1 Å². The standard InChI is InChI=1S/C14H26O6/c1-6-14(5,18)10(2)12(17)19-9-11(16)20-13(3,4)7-8-15/h10,15,18H,6-9H2,1-5H3. The Labute approximate surface area is 120 Å². The van der Waals surface area contributed by atoms with Gasteiger partial charge in [-0.2, -0.15) is 0 Å². The third kappa shape index (κ3) is 6.34. The Morgan fingerprint density at radius 1 is 1.25 bits per heavy atom. The molecule has 0 saturated carbocycles. The van der Waals surface area contributed by atoms with Crippen molar-refractivity contribution in [3.63, 3.8) is 0 Å². The Morgan fingerprint density at radius 3 is 2.25 bits per heavy atom. The van der Waals surface area contributed by atoms with Crippen LogP contribution in [0, 0.1) is 5.92 Å².